The summed E-state index contributed by atoms with van der Waals surface area (Å²) in [6, 6.07) is 8.97. The van der Waals surface area contributed by atoms with Crippen LogP contribution in [0.5, 0.6) is 0 Å². The number of rotatable bonds is 6. The van der Waals surface area contributed by atoms with Crippen molar-refractivity contribution in [3.8, 4) is 0 Å². The van der Waals surface area contributed by atoms with Gasteiger partial charge in [0.25, 0.3) is 10.0 Å². The predicted octanol–water partition coefficient (Wildman–Crippen LogP) is 2.40. The Labute approximate surface area is 136 Å². The molecule has 1 aromatic carbocycles. The molecular weight excluding hydrogens is 339 g/mol. The van der Waals surface area contributed by atoms with E-state index in [1.165, 1.54) is 22.8 Å². The van der Waals surface area contributed by atoms with E-state index >= 15 is 0 Å². The van der Waals surface area contributed by atoms with Crippen LogP contribution in [-0.4, -0.2) is 27.9 Å². The van der Waals surface area contributed by atoms with Gasteiger partial charge in [0.1, 0.15) is 22.2 Å². The van der Waals surface area contributed by atoms with Gasteiger partial charge in [0.05, 0.1) is 6.54 Å². The van der Waals surface area contributed by atoms with E-state index in [4.69, 9.17) is 0 Å². The quantitative estimate of drug-likeness (QED) is 0.739. The fraction of sp³-hybridized carbons (Fsp3) is 0.143. The number of aromatic amines is 1. The summed E-state index contributed by atoms with van der Waals surface area (Å²) in [6.45, 7) is 0.165. The molecular formula is C14H13FN4O2S2. The highest BCUT2D eigenvalue weighted by atomic mass is 32.2. The van der Waals surface area contributed by atoms with E-state index in [0.29, 0.717) is 11.4 Å². The van der Waals surface area contributed by atoms with Crippen molar-refractivity contribution in [3.05, 3.63) is 65.3 Å². The van der Waals surface area contributed by atoms with Crippen LogP contribution in [-0.2, 0) is 23.1 Å². The van der Waals surface area contributed by atoms with E-state index in [2.05, 4.69) is 15.2 Å². The van der Waals surface area contributed by atoms with E-state index in [0.717, 1.165) is 11.3 Å². The molecule has 0 aliphatic carbocycles. The summed E-state index contributed by atoms with van der Waals surface area (Å²) in [4.78, 5) is 3.98. The maximum atomic E-state index is 13.0. The van der Waals surface area contributed by atoms with E-state index < -0.39 is 10.0 Å². The molecule has 2 heterocycles. The first-order chi connectivity index (χ1) is 11.1. The Morgan fingerprint density at radius 3 is 2.57 bits per heavy atom. The molecule has 2 aromatic heterocycles. The van der Waals surface area contributed by atoms with E-state index in [1.54, 1.807) is 29.6 Å². The number of sulfonamides is 1. The first kappa shape index (κ1) is 15.8. The van der Waals surface area contributed by atoms with Gasteiger partial charge in [0.2, 0.25) is 0 Å². The van der Waals surface area contributed by atoms with E-state index in [9.17, 15) is 12.8 Å². The van der Waals surface area contributed by atoms with Gasteiger partial charge in [0, 0.05) is 6.54 Å². The molecule has 0 bridgehead atoms. The minimum atomic E-state index is -3.67. The van der Waals surface area contributed by atoms with Gasteiger partial charge in [-0.1, -0.05) is 18.2 Å². The predicted molar refractivity (Wildman–Crippen MR) is 83.5 cm³/mol. The summed E-state index contributed by atoms with van der Waals surface area (Å²) in [5.41, 5.74) is 0.686. The lowest BCUT2D eigenvalue weighted by atomic mass is 10.2. The molecule has 3 aromatic rings. The number of H-pyrrole nitrogens is 1. The largest absolute Gasteiger partial charge is 0.262 e. The summed E-state index contributed by atoms with van der Waals surface area (Å²) in [6.07, 6.45) is 1.32. The van der Waals surface area contributed by atoms with Crippen molar-refractivity contribution in [3.63, 3.8) is 0 Å². The van der Waals surface area contributed by atoms with Crippen LogP contribution in [0, 0.1) is 5.82 Å². The first-order valence-electron chi connectivity index (χ1n) is 6.68. The Morgan fingerprint density at radius 1 is 1.17 bits per heavy atom. The highest BCUT2D eigenvalue weighted by Crippen LogP contribution is 2.24. The number of halogens is 1. The zero-order chi connectivity index (χ0) is 16.3. The second-order valence-electron chi connectivity index (χ2n) is 4.76. The first-order valence-corrected chi connectivity index (χ1v) is 9.00. The van der Waals surface area contributed by atoms with Gasteiger partial charge in [-0.15, -0.1) is 11.3 Å². The van der Waals surface area contributed by atoms with Crippen molar-refractivity contribution in [2.75, 3.05) is 0 Å². The minimum absolute atomic E-state index is 0.0532. The number of benzene rings is 1. The second kappa shape index (κ2) is 6.57. The van der Waals surface area contributed by atoms with Crippen molar-refractivity contribution >= 4 is 21.4 Å². The van der Waals surface area contributed by atoms with Gasteiger partial charge in [-0.05, 0) is 29.1 Å². The van der Waals surface area contributed by atoms with Crippen molar-refractivity contribution in [2.24, 2.45) is 0 Å². The van der Waals surface area contributed by atoms with Crippen LogP contribution in [0.4, 0.5) is 4.39 Å². The molecule has 0 saturated heterocycles. The second-order valence-corrected chi connectivity index (χ2v) is 7.88. The summed E-state index contributed by atoms with van der Waals surface area (Å²) >= 11 is 1.15. The number of nitrogens with one attached hydrogen (secondary N) is 1. The number of hydrogen-bond donors (Lipinski definition) is 1. The Hall–Kier alpha value is -2.10. The average molecular weight is 352 g/mol. The molecule has 0 aliphatic rings. The van der Waals surface area contributed by atoms with Gasteiger partial charge in [-0.2, -0.15) is 9.40 Å². The molecule has 120 valence electrons. The van der Waals surface area contributed by atoms with Crippen LogP contribution in [0.2, 0.25) is 0 Å². The molecule has 0 amide bonds. The third-order valence-corrected chi connectivity index (χ3v) is 6.32. The lowest BCUT2D eigenvalue weighted by molar-refractivity contribution is 0.393. The van der Waals surface area contributed by atoms with Crippen molar-refractivity contribution in [2.45, 2.75) is 17.3 Å². The number of hydrogen-bond acceptors (Lipinski definition) is 5. The Bertz CT molecular complexity index is 847. The summed E-state index contributed by atoms with van der Waals surface area (Å²) < 4.78 is 40.1. The molecule has 0 atom stereocenters. The van der Waals surface area contributed by atoms with Crippen LogP contribution in [0.3, 0.4) is 0 Å². The third kappa shape index (κ3) is 3.63. The van der Waals surface area contributed by atoms with Gasteiger partial charge in [-0.3, -0.25) is 5.10 Å². The van der Waals surface area contributed by atoms with Crippen LogP contribution < -0.4 is 0 Å². The molecule has 6 nitrogen and oxygen atoms in total. The maximum absolute atomic E-state index is 13.0. The number of nitrogens with zero attached hydrogens (tertiary/aromatic N) is 3. The van der Waals surface area contributed by atoms with E-state index in [1.807, 2.05) is 0 Å². The summed E-state index contributed by atoms with van der Waals surface area (Å²) in [5, 5.41) is 8.10. The van der Waals surface area contributed by atoms with Crippen molar-refractivity contribution < 1.29 is 12.8 Å². The SMILES string of the molecule is O=S(=O)(c1cccs1)N(Cc1ccc(F)cc1)Cc1ncn[nH]1. The topological polar surface area (TPSA) is 79.0 Å². The molecule has 0 spiro atoms. The zero-order valence-corrected chi connectivity index (χ0v) is 13.5. The molecule has 0 saturated carbocycles. The molecule has 3 rings (SSSR count). The lowest BCUT2D eigenvalue weighted by Crippen LogP contribution is -2.30. The van der Waals surface area contributed by atoms with E-state index in [-0.39, 0.29) is 23.1 Å². The molecule has 0 radical (unpaired) electrons. The van der Waals surface area contributed by atoms with Gasteiger partial charge >= 0.3 is 0 Å². The van der Waals surface area contributed by atoms with Crippen LogP contribution in [0.15, 0.2) is 52.3 Å². The third-order valence-electron chi connectivity index (χ3n) is 3.15. The monoisotopic (exact) mass is 352 g/mol. The molecule has 1 N–H and O–H groups in total. The fourth-order valence-corrected chi connectivity index (χ4v) is 4.56. The Balaban J connectivity index is 1.91. The zero-order valence-electron chi connectivity index (χ0n) is 11.9. The number of aromatic nitrogens is 3. The normalized spacial score (nSPS) is 11.9. The Morgan fingerprint density at radius 2 is 1.96 bits per heavy atom. The number of thiophene rings is 1. The van der Waals surface area contributed by atoms with Gasteiger partial charge < -0.3 is 0 Å². The van der Waals surface area contributed by atoms with Crippen LogP contribution in [0.1, 0.15) is 11.4 Å². The molecule has 0 aliphatic heterocycles. The fourth-order valence-electron chi connectivity index (χ4n) is 2.03. The minimum Gasteiger partial charge on any atom is -0.262 e. The van der Waals surface area contributed by atoms with Crippen molar-refractivity contribution in [1.82, 2.24) is 19.5 Å². The highest BCUT2D eigenvalue weighted by Gasteiger charge is 2.26. The summed E-state index contributed by atoms with van der Waals surface area (Å²) in [7, 11) is -3.67. The molecule has 0 fully saturated rings. The van der Waals surface area contributed by atoms with Gasteiger partial charge in [-0.25, -0.2) is 17.8 Å². The molecule has 23 heavy (non-hydrogen) atoms. The van der Waals surface area contributed by atoms with Crippen LogP contribution in [0.25, 0.3) is 0 Å². The lowest BCUT2D eigenvalue weighted by Gasteiger charge is -2.20. The smallest absolute Gasteiger partial charge is 0.253 e. The molecule has 0 unspecified atom stereocenters. The summed E-state index contributed by atoms with van der Waals surface area (Å²) in [5.74, 6) is 0.0730. The molecule has 9 heteroatoms. The highest BCUT2D eigenvalue weighted by molar-refractivity contribution is 7.91. The van der Waals surface area contributed by atoms with Gasteiger partial charge in [0.15, 0.2) is 0 Å². The van der Waals surface area contributed by atoms with Crippen LogP contribution >= 0.6 is 11.3 Å². The average Bonchev–Trinajstić information content (AvgIpc) is 3.22. The van der Waals surface area contributed by atoms with Crippen molar-refractivity contribution in [1.29, 1.82) is 0 Å². The maximum Gasteiger partial charge on any atom is 0.253 e. The standard InChI is InChI=1S/C14H13FN4O2S2/c15-12-5-3-11(4-6-12)8-19(9-13-16-10-17-18-13)23(20,21)14-2-1-7-22-14/h1-7,10H,8-9H2,(H,16,17,18). The Kier molecular flexibility index (Phi) is 4.51.